The van der Waals surface area contributed by atoms with Crippen LogP contribution in [0.4, 0.5) is 0 Å². The van der Waals surface area contributed by atoms with E-state index < -0.39 is 0 Å². The Balaban J connectivity index is 2.57. The van der Waals surface area contributed by atoms with Gasteiger partial charge in [0, 0.05) is 23.2 Å². The van der Waals surface area contributed by atoms with Crippen LogP contribution in [0.25, 0.3) is 0 Å². The highest BCUT2D eigenvalue weighted by Crippen LogP contribution is 2.17. The number of halogens is 1. The van der Waals surface area contributed by atoms with Gasteiger partial charge in [0.1, 0.15) is 0 Å². The second-order valence-corrected chi connectivity index (χ2v) is 5.31. The summed E-state index contributed by atoms with van der Waals surface area (Å²) in [5.41, 5.74) is 1.77. The van der Waals surface area contributed by atoms with Gasteiger partial charge in [0.15, 0.2) is 0 Å². The largest absolute Gasteiger partial charge is 0.396 e. The van der Waals surface area contributed by atoms with E-state index in [-0.39, 0.29) is 12.5 Å². The summed E-state index contributed by atoms with van der Waals surface area (Å²) in [5.74, 6) is 0.278. The molecular weight excluding hydrogens is 294 g/mol. The van der Waals surface area contributed by atoms with Gasteiger partial charge >= 0.3 is 0 Å². The van der Waals surface area contributed by atoms with Gasteiger partial charge < -0.3 is 10.4 Å². The van der Waals surface area contributed by atoms with Gasteiger partial charge in [-0.3, -0.25) is 4.79 Å². The standard InChI is InChI=1S/C14H20BrNO2/c1-3-11(6-7-17)9-16-14(18)12-5-4-10(2)13(15)8-12/h4-5,8,11,17H,3,6-7,9H2,1-2H3,(H,16,18). The van der Waals surface area contributed by atoms with Crippen LogP contribution in [-0.2, 0) is 0 Å². The summed E-state index contributed by atoms with van der Waals surface area (Å²) in [5, 5.41) is 11.8. The Bertz CT molecular complexity index is 407. The highest BCUT2D eigenvalue weighted by Gasteiger charge is 2.10. The molecule has 1 aromatic carbocycles. The Kier molecular flexibility index (Phi) is 6.36. The van der Waals surface area contributed by atoms with Gasteiger partial charge in [0.05, 0.1) is 0 Å². The van der Waals surface area contributed by atoms with Gasteiger partial charge in [0.25, 0.3) is 5.91 Å². The Hall–Kier alpha value is -0.870. The van der Waals surface area contributed by atoms with Crippen LogP contribution in [-0.4, -0.2) is 24.2 Å². The molecule has 2 N–H and O–H groups in total. The zero-order valence-electron chi connectivity index (χ0n) is 10.9. The normalized spacial score (nSPS) is 12.2. The van der Waals surface area contributed by atoms with Crippen molar-refractivity contribution in [3.05, 3.63) is 33.8 Å². The van der Waals surface area contributed by atoms with Crippen molar-refractivity contribution in [2.45, 2.75) is 26.7 Å². The highest BCUT2D eigenvalue weighted by molar-refractivity contribution is 9.10. The number of benzene rings is 1. The first-order valence-corrected chi connectivity index (χ1v) is 7.03. The smallest absolute Gasteiger partial charge is 0.251 e. The summed E-state index contributed by atoms with van der Waals surface area (Å²) in [6, 6.07) is 5.57. The molecule has 1 atom stereocenters. The quantitative estimate of drug-likeness (QED) is 0.848. The van der Waals surface area contributed by atoms with Crippen molar-refractivity contribution in [2.24, 2.45) is 5.92 Å². The van der Waals surface area contributed by atoms with Gasteiger partial charge in [-0.2, -0.15) is 0 Å². The number of hydrogen-bond donors (Lipinski definition) is 2. The van der Waals surface area contributed by atoms with E-state index >= 15 is 0 Å². The van der Waals surface area contributed by atoms with Crippen LogP contribution >= 0.6 is 15.9 Å². The van der Waals surface area contributed by atoms with Crippen LogP contribution in [0.5, 0.6) is 0 Å². The van der Waals surface area contributed by atoms with E-state index in [0.29, 0.717) is 18.0 Å². The molecule has 0 aliphatic carbocycles. The van der Waals surface area contributed by atoms with E-state index in [9.17, 15) is 4.79 Å². The maximum atomic E-state index is 11.9. The second-order valence-electron chi connectivity index (χ2n) is 4.46. The number of amides is 1. The zero-order chi connectivity index (χ0) is 13.5. The molecule has 0 heterocycles. The van der Waals surface area contributed by atoms with Crippen LogP contribution in [0.1, 0.15) is 35.7 Å². The molecule has 0 fully saturated rings. The van der Waals surface area contributed by atoms with E-state index in [1.165, 1.54) is 0 Å². The van der Waals surface area contributed by atoms with Gasteiger partial charge in [-0.05, 0) is 37.0 Å². The van der Waals surface area contributed by atoms with Crippen molar-refractivity contribution in [1.82, 2.24) is 5.32 Å². The van der Waals surface area contributed by atoms with Crippen molar-refractivity contribution in [3.63, 3.8) is 0 Å². The molecule has 0 spiro atoms. The summed E-state index contributed by atoms with van der Waals surface area (Å²) in [7, 11) is 0. The van der Waals surface area contributed by atoms with Crippen molar-refractivity contribution >= 4 is 21.8 Å². The number of aliphatic hydroxyl groups is 1. The summed E-state index contributed by atoms with van der Waals surface area (Å²) in [6.45, 7) is 4.83. The molecule has 0 saturated carbocycles. The van der Waals surface area contributed by atoms with Gasteiger partial charge in [-0.1, -0.05) is 35.3 Å². The average molecular weight is 314 g/mol. The summed E-state index contributed by atoms with van der Waals surface area (Å²) in [4.78, 5) is 11.9. The maximum Gasteiger partial charge on any atom is 0.251 e. The summed E-state index contributed by atoms with van der Waals surface area (Å²) < 4.78 is 0.942. The van der Waals surface area contributed by atoms with Gasteiger partial charge in [-0.15, -0.1) is 0 Å². The Labute approximate surface area is 117 Å². The molecule has 3 nitrogen and oxygen atoms in total. The molecule has 0 aliphatic heterocycles. The molecule has 18 heavy (non-hydrogen) atoms. The fraction of sp³-hybridized carbons (Fsp3) is 0.500. The lowest BCUT2D eigenvalue weighted by Gasteiger charge is -2.14. The maximum absolute atomic E-state index is 11.9. The van der Waals surface area contributed by atoms with Crippen molar-refractivity contribution < 1.29 is 9.90 Å². The monoisotopic (exact) mass is 313 g/mol. The first kappa shape index (κ1) is 15.2. The lowest BCUT2D eigenvalue weighted by molar-refractivity contribution is 0.0943. The van der Waals surface area contributed by atoms with E-state index in [4.69, 9.17) is 5.11 Å². The van der Waals surface area contributed by atoms with Crippen LogP contribution in [0.2, 0.25) is 0 Å². The third kappa shape index (κ3) is 4.42. The van der Waals surface area contributed by atoms with E-state index in [0.717, 1.165) is 22.9 Å². The van der Waals surface area contributed by atoms with E-state index in [2.05, 4.69) is 28.2 Å². The Morgan fingerprint density at radius 2 is 2.22 bits per heavy atom. The van der Waals surface area contributed by atoms with Crippen LogP contribution in [0, 0.1) is 12.8 Å². The lowest BCUT2D eigenvalue weighted by Crippen LogP contribution is -2.29. The molecule has 1 rings (SSSR count). The number of hydrogen-bond acceptors (Lipinski definition) is 2. The van der Waals surface area contributed by atoms with Crippen LogP contribution in [0.3, 0.4) is 0 Å². The minimum absolute atomic E-state index is 0.0629. The third-order valence-corrected chi connectivity index (χ3v) is 3.95. The van der Waals surface area contributed by atoms with E-state index in [1.54, 1.807) is 0 Å². The molecule has 0 bridgehead atoms. The first-order chi connectivity index (χ1) is 8.58. The molecule has 0 saturated heterocycles. The molecule has 4 heteroatoms. The number of aryl methyl sites for hydroxylation is 1. The van der Waals surface area contributed by atoms with Crippen molar-refractivity contribution in [3.8, 4) is 0 Å². The highest BCUT2D eigenvalue weighted by atomic mass is 79.9. The molecule has 1 amide bonds. The van der Waals surface area contributed by atoms with Crippen LogP contribution < -0.4 is 5.32 Å². The number of carbonyl (C=O) groups excluding carboxylic acids is 1. The topological polar surface area (TPSA) is 49.3 Å². The van der Waals surface area contributed by atoms with Crippen LogP contribution in [0.15, 0.2) is 22.7 Å². The third-order valence-electron chi connectivity index (χ3n) is 3.10. The minimum atomic E-state index is -0.0629. The fourth-order valence-electron chi connectivity index (χ4n) is 1.71. The van der Waals surface area contributed by atoms with Gasteiger partial charge in [0.2, 0.25) is 0 Å². The molecule has 0 aromatic heterocycles. The van der Waals surface area contributed by atoms with Crippen molar-refractivity contribution in [2.75, 3.05) is 13.2 Å². The molecule has 0 aliphatic rings. The number of aliphatic hydroxyl groups excluding tert-OH is 1. The molecular formula is C14H20BrNO2. The Morgan fingerprint density at radius 1 is 1.50 bits per heavy atom. The van der Waals surface area contributed by atoms with Crippen molar-refractivity contribution in [1.29, 1.82) is 0 Å². The van der Waals surface area contributed by atoms with E-state index in [1.807, 2.05) is 25.1 Å². The fourth-order valence-corrected chi connectivity index (χ4v) is 2.09. The predicted octanol–water partition coefficient (Wildman–Crippen LogP) is 2.90. The number of rotatable bonds is 6. The first-order valence-electron chi connectivity index (χ1n) is 6.23. The molecule has 0 radical (unpaired) electrons. The SMILES string of the molecule is CCC(CCO)CNC(=O)c1ccc(C)c(Br)c1. The van der Waals surface area contributed by atoms with Gasteiger partial charge in [-0.25, -0.2) is 0 Å². The number of carbonyl (C=O) groups is 1. The Morgan fingerprint density at radius 3 is 2.78 bits per heavy atom. The second kappa shape index (κ2) is 7.54. The number of nitrogens with one attached hydrogen (secondary N) is 1. The predicted molar refractivity (Wildman–Crippen MR) is 76.7 cm³/mol. The average Bonchev–Trinajstić information content (AvgIpc) is 2.37. The zero-order valence-corrected chi connectivity index (χ0v) is 12.5. The molecule has 1 unspecified atom stereocenters. The summed E-state index contributed by atoms with van der Waals surface area (Å²) >= 11 is 3.42. The molecule has 100 valence electrons. The molecule has 1 aromatic rings. The minimum Gasteiger partial charge on any atom is -0.396 e. The lowest BCUT2D eigenvalue weighted by atomic mass is 10.0. The summed E-state index contributed by atoms with van der Waals surface area (Å²) in [6.07, 6.45) is 1.69.